The van der Waals surface area contributed by atoms with Gasteiger partial charge in [0.1, 0.15) is 4.21 Å². The number of nitrogens with one attached hydrogen (secondary N) is 1. The van der Waals surface area contributed by atoms with E-state index in [4.69, 9.17) is 0 Å². The summed E-state index contributed by atoms with van der Waals surface area (Å²) < 4.78 is 28.6. The quantitative estimate of drug-likeness (QED) is 0.434. The van der Waals surface area contributed by atoms with Gasteiger partial charge in [0.05, 0.1) is 5.69 Å². The Bertz CT molecular complexity index is 1160. The highest BCUT2D eigenvalue weighted by molar-refractivity contribution is 7.91. The van der Waals surface area contributed by atoms with Gasteiger partial charge in [-0.1, -0.05) is 12.1 Å². The van der Waals surface area contributed by atoms with Crippen LogP contribution in [0.1, 0.15) is 24.2 Å². The molecule has 0 aliphatic carbocycles. The first-order valence-corrected chi connectivity index (χ1v) is 13.0. The van der Waals surface area contributed by atoms with Crippen LogP contribution in [0.25, 0.3) is 11.3 Å². The van der Waals surface area contributed by atoms with Gasteiger partial charge in [-0.15, -0.1) is 29.3 Å². The molecule has 0 fully saturated rings. The molecule has 166 valence electrons. The second-order valence-electron chi connectivity index (χ2n) is 7.13. The Hall–Kier alpha value is -2.27. The summed E-state index contributed by atoms with van der Waals surface area (Å²) in [5, 5.41) is 7.01. The maximum Gasteiger partial charge on any atom is 0.252 e. The molecule has 0 saturated carbocycles. The monoisotopic (exact) mass is 478 g/mol. The second-order valence-corrected chi connectivity index (χ2v) is 11.2. The summed E-state index contributed by atoms with van der Waals surface area (Å²) in [6.07, 6.45) is 2.50. The third-order valence-electron chi connectivity index (χ3n) is 4.95. The Morgan fingerprint density at radius 3 is 2.81 bits per heavy atom. The maximum atomic E-state index is 12.4. The average molecular weight is 479 g/mol. The van der Waals surface area contributed by atoms with E-state index in [-0.39, 0.29) is 18.9 Å². The minimum Gasteiger partial charge on any atom is -0.345 e. The number of thiophene rings is 1. The first-order valence-electron chi connectivity index (χ1n) is 9.77. The minimum atomic E-state index is -3.49. The molecule has 0 radical (unpaired) electrons. The maximum absolute atomic E-state index is 12.4. The van der Waals surface area contributed by atoms with Crippen LogP contribution in [0, 0.1) is 13.8 Å². The molecule has 0 aliphatic rings. The van der Waals surface area contributed by atoms with Crippen LogP contribution in [-0.4, -0.2) is 41.8 Å². The molecule has 0 bridgehead atoms. The number of aryl methyl sites for hydroxylation is 1. The molecule has 31 heavy (non-hydrogen) atoms. The van der Waals surface area contributed by atoms with Gasteiger partial charge in [0.15, 0.2) is 5.13 Å². The van der Waals surface area contributed by atoms with E-state index in [1.54, 1.807) is 17.5 Å². The van der Waals surface area contributed by atoms with E-state index in [9.17, 15) is 13.2 Å². The summed E-state index contributed by atoms with van der Waals surface area (Å²) in [6, 6.07) is 5.37. The standard InChI is InChI=1S/C21H26N4O3S3/c1-5-10-25-15(2)13-17(16(25)3)18-14-30-21(22-18)23-19(26)8-6-11-24(4)31(27,28)20-9-7-12-29-20/h5,7,9,12-14H,1,6,8,10-11H2,2-4H3,(H,22,23,26). The van der Waals surface area contributed by atoms with E-state index >= 15 is 0 Å². The van der Waals surface area contributed by atoms with Crippen LogP contribution >= 0.6 is 22.7 Å². The van der Waals surface area contributed by atoms with Crippen LogP contribution in [0.3, 0.4) is 0 Å². The van der Waals surface area contributed by atoms with E-state index in [2.05, 4.69) is 27.5 Å². The molecule has 3 aromatic heterocycles. The smallest absolute Gasteiger partial charge is 0.252 e. The first-order chi connectivity index (χ1) is 14.7. The number of allylic oxidation sites excluding steroid dienone is 1. The van der Waals surface area contributed by atoms with Gasteiger partial charge in [0, 0.05) is 48.9 Å². The van der Waals surface area contributed by atoms with Crippen molar-refractivity contribution in [2.45, 2.75) is 37.4 Å². The lowest BCUT2D eigenvalue weighted by atomic mass is 10.2. The van der Waals surface area contributed by atoms with Crippen molar-refractivity contribution in [2.75, 3.05) is 18.9 Å². The number of amides is 1. The Labute approximate surface area is 191 Å². The highest BCUT2D eigenvalue weighted by Gasteiger charge is 2.21. The Morgan fingerprint density at radius 2 is 2.13 bits per heavy atom. The van der Waals surface area contributed by atoms with Gasteiger partial charge in [-0.3, -0.25) is 4.79 Å². The van der Waals surface area contributed by atoms with Crippen molar-refractivity contribution >= 4 is 43.7 Å². The van der Waals surface area contributed by atoms with Gasteiger partial charge < -0.3 is 9.88 Å². The van der Waals surface area contributed by atoms with Crippen molar-refractivity contribution in [2.24, 2.45) is 0 Å². The number of hydrogen-bond acceptors (Lipinski definition) is 6. The van der Waals surface area contributed by atoms with Crippen LogP contribution in [0.15, 0.2) is 45.8 Å². The van der Waals surface area contributed by atoms with Crippen LogP contribution in [-0.2, 0) is 21.4 Å². The molecule has 0 aromatic carbocycles. The molecular weight excluding hydrogens is 452 g/mol. The van der Waals surface area contributed by atoms with Crippen molar-refractivity contribution in [3.63, 3.8) is 0 Å². The van der Waals surface area contributed by atoms with Gasteiger partial charge in [-0.2, -0.15) is 0 Å². The second kappa shape index (κ2) is 9.90. The Balaban J connectivity index is 1.55. The highest BCUT2D eigenvalue weighted by Crippen LogP contribution is 2.30. The average Bonchev–Trinajstić information content (AvgIpc) is 3.46. The lowest BCUT2D eigenvalue weighted by molar-refractivity contribution is -0.116. The lowest BCUT2D eigenvalue weighted by Crippen LogP contribution is -2.28. The van der Waals surface area contributed by atoms with Gasteiger partial charge in [0.25, 0.3) is 10.0 Å². The third-order valence-corrected chi connectivity index (χ3v) is 8.94. The number of hydrogen-bond donors (Lipinski definition) is 1. The minimum absolute atomic E-state index is 0.181. The molecule has 7 nitrogen and oxygen atoms in total. The summed E-state index contributed by atoms with van der Waals surface area (Å²) in [6.45, 7) is 8.90. The number of aromatic nitrogens is 2. The van der Waals surface area contributed by atoms with Crippen molar-refractivity contribution in [3.8, 4) is 11.3 Å². The summed E-state index contributed by atoms with van der Waals surface area (Å²) in [4.78, 5) is 16.9. The number of sulfonamides is 1. The first kappa shape index (κ1) is 23.4. The van der Waals surface area contributed by atoms with Crippen molar-refractivity contribution < 1.29 is 13.2 Å². The Morgan fingerprint density at radius 1 is 1.35 bits per heavy atom. The molecule has 3 aromatic rings. The van der Waals surface area contributed by atoms with Gasteiger partial charge in [-0.25, -0.2) is 17.7 Å². The van der Waals surface area contributed by atoms with Crippen LogP contribution in [0.2, 0.25) is 0 Å². The zero-order chi connectivity index (χ0) is 22.6. The summed E-state index contributed by atoms with van der Waals surface area (Å²) in [7, 11) is -1.96. The molecule has 0 spiro atoms. The van der Waals surface area contributed by atoms with E-state index in [0.717, 1.165) is 29.2 Å². The fraction of sp³-hybridized carbons (Fsp3) is 0.333. The van der Waals surface area contributed by atoms with Gasteiger partial charge in [-0.05, 0) is 37.8 Å². The van der Waals surface area contributed by atoms with Crippen molar-refractivity contribution in [1.82, 2.24) is 13.9 Å². The number of nitrogens with zero attached hydrogens (tertiary/aromatic N) is 3. The molecule has 0 unspecified atom stereocenters. The number of thiazole rings is 1. The zero-order valence-electron chi connectivity index (χ0n) is 17.8. The van der Waals surface area contributed by atoms with Crippen molar-refractivity contribution in [3.05, 3.63) is 53.0 Å². The molecule has 10 heteroatoms. The van der Waals surface area contributed by atoms with E-state index in [1.165, 1.54) is 34.0 Å². The fourth-order valence-electron chi connectivity index (χ4n) is 3.25. The number of carbonyl (C=O) groups excluding carboxylic acids is 1. The normalized spacial score (nSPS) is 11.7. The molecule has 3 rings (SSSR count). The zero-order valence-corrected chi connectivity index (χ0v) is 20.2. The summed E-state index contributed by atoms with van der Waals surface area (Å²) in [5.74, 6) is -0.181. The SMILES string of the molecule is C=CCn1c(C)cc(-c2csc(NC(=O)CCCN(C)S(=O)(=O)c3cccs3)n2)c1C. The molecule has 0 saturated heterocycles. The number of anilines is 1. The summed E-state index contributed by atoms with van der Waals surface area (Å²) >= 11 is 2.56. The molecule has 0 aliphatic heterocycles. The predicted octanol–water partition coefficient (Wildman–Crippen LogP) is 4.52. The predicted molar refractivity (Wildman–Crippen MR) is 127 cm³/mol. The molecule has 1 N–H and O–H groups in total. The molecule has 3 heterocycles. The Kier molecular flexibility index (Phi) is 7.47. The van der Waals surface area contributed by atoms with Gasteiger partial charge in [0.2, 0.25) is 5.91 Å². The highest BCUT2D eigenvalue weighted by atomic mass is 32.2. The van der Waals surface area contributed by atoms with Gasteiger partial charge >= 0.3 is 0 Å². The largest absolute Gasteiger partial charge is 0.345 e. The third kappa shape index (κ3) is 5.32. The van der Waals surface area contributed by atoms with Crippen molar-refractivity contribution in [1.29, 1.82) is 0 Å². The lowest BCUT2D eigenvalue weighted by Gasteiger charge is -2.15. The molecule has 0 atom stereocenters. The van der Waals surface area contributed by atoms with Crippen LogP contribution < -0.4 is 5.32 Å². The topological polar surface area (TPSA) is 84.3 Å². The van der Waals surface area contributed by atoms with E-state index < -0.39 is 10.0 Å². The fourth-order valence-corrected chi connectivity index (χ4v) is 6.39. The number of rotatable bonds is 10. The molecular formula is C21H26N4O3S3. The number of carbonyl (C=O) groups is 1. The summed E-state index contributed by atoms with van der Waals surface area (Å²) in [5.41, 5.74) is 4.10. The van der Waals surface area contributed by atoms with Crippen LogP contribution in [0.5, 0.6) is 0 Å². The van der Waals surface area contributed by atoms with Crippen LogP contribution in [0.4, 0.5) is 5.13 Å². The van der Waals surface area contributed by atoms with E-state index in [0.29, 0.717) is 15.8 Å². The molecule has 1 amide bonds. The van der Waals surface area contributed by atoms with E-state index in [1.807, 2.05) is 25.3 Å².